The third-order valence-corrected chi connectivity index (χ3v) is 7.33. The van der Waals surface area contributed by atoms with E-state index >= 15 is 0 Å². The predicted molar refractivity (Wildman–Crippen MR) is 121 cm³/mol. The summed E-state index contributed by atoms with van der Waals surface area (Å²) in [6.07, 6.45) is 1.80. The maximum atomic E-state index is 12.7. The molecule has 1 fully saturated rings. The van der Waals surface area contributed by atoms with Gasteiger partial charge in [0, 0.05) is 19.5 Å². The molecule has 0 radical (unpaired) electrons. The number of nitrogens with one attached hydrogen (secondary N) is 1. The molecule has 6 nitrogen and oxygen atoms in total. The van der Waals surface area contributed by atoms with Crippen LogP contribution in [-0.2, 0) is 26.0 Å². The molecule has 1 aliphatic heterocycles. The zero-order chi connectivity index (χ0) is 22.3. The molecule has 31 heavy (non-hydrogen) atoms. The van der Waals surface area contributed by atoms with E-state index in [0.29, 0.717) is 45.1 Å². The molecule has 0 aliphatic carbocycles. The topological polar surface area (TPSA) is 75.7 Å². The largest absolute Gasteiger partial charge is 0.379 e. The Bertz CT molecular complexity index is 937. The van der Waals surface area contributed by atoms with Crippen molar-refractivity contribution in [3.63, 3.8) is 0 Å². The summed E-state index contributed by atoms with van der Waals surface area (Å²) in [6, 6.07) is 16.9. The Morgan fingerprint density at radius 1 is 1.03 bits per heavy atom. The summed E-state index contributed by atoms with van der Waals surface area (Å²) in [7, 11) is -3.49. The van der Waals surface area contributed by atoms with E-state index in [1.807, 2.05) is 30.3 Å². The molecule has 0 aromatic heterocycles. The normalized spacial score (nSPS) is 16.2. The molecule has 1 heterocycles. The molecule has 0 spiro atoms. The minimum absolute atomic E-state index is 0.000446. The van der Waals surface area contributed by atoms with Crippen LogP contribution in [0.2, 0.25) is 0 Å². The van der Waals surface area contributed by atoms with E-state index in [0.717, 1.165) is 17.5 Å². The monoisotopic (exact) mass is 444 g/mol. The number of benzene rings is 2. The molecular formula is C24H32N2O4S. The van der Waals surface area contributed by atoms with Crippen LogP contribution in [0, 0.1) is 5.92 Å². The van der Waals surface area contributed by atoms with Crippen molar-refractivity contribution in [3.05, 3.63) is 65.7 Å². The smallest absolute Gasteiger partial charge is 0.243 e. The van der Waals surface area contributed by atoms with Gasteiger partial charge in [-0.2, -0.15) is 4.31 Å². The zero-order valence-electron chi connectivity index (χ0n) is 18.3. The van der Waals surface area contributed by atoms with Crippen LogP contribution in [0.5, 0.6) is 0 Å². The quantitative estimate of drug-likeness (QED) is 0.642. The van der Waals surface area contributed by atoms with Crippen molar-refractivity contribution < 1.29 is 17.9 Å². The highest BCUT2D eigenvalue weighted by Gasteiger charge is 2.26. The lowest BCUT2D eigenvalue weighted by molar-refractivity contribution is -0.121. The SMILES string of the molecule is CC(C)CC(NC(=O)CCc1ccc(S(=O)(=O)N2CCOCC2)cc1)c1ccccc1. The van der Waals surface area contributed by atoms with Crippen molar-refractivity contribution in [1.29, 1.82) is 0 Å². The van der Waals surface area contributed by atoms with Gasteiger partial charge in [0.15, 0.2) is 0 Å². The Morgan fingerprint density at radius 2 is 1.68 bits per heavy atom. The van der Waals surface area contributed by atoms with Gasteiger partial charge in [0.05, 0.1) is 24.2 Å². The molecule has 1 amide bonds. The summed E-state index contributed by atoms with van der Waals surface area (Å²) in [5.41, 5.74) is 2.05. The van der Waals surface area contributed by atoms with E-state index in [1.165, 1.54) is 4.31 Å². The molecule has 1 N–H and O–H groups in total. The number of aryl methyl sites for hydroxylation is 1. The maximum absolute atomic E-state index is 12.7. The zero-order valence-corrected chi connectivity index (χ0v) is 19.1. The molecule has 1 atom stereocenters. The number of carbonyl (C=O) groups excluding carboxylic acids is 1. The van der Waals surface area contributed by atoms with Crippen LogP contribution in [0.3, 0.4) is 0 Å². The number of nitrogens with zero attached hydrogens (tertiary/aromatic N) is 1. The number of amides is 1. The first-order valence-corrected chi connectivity index (χ1v) is 12.3. The molecule has 1 unspecified atom stereocenters. The second-order valence-corrected chi connectivity index (χ2v) is 10.3. The van der Waals surface area contributed by atoms with Crippen molar-refractivity contribution in [2.75, 3.05) is 26.3 Å². The molecule has 0 saturated carbocycles. The van der Waals surface area contributed by atoms with Crippen molar-refractivity contribution in [1.82, 2.24) is 9.62 Å². The van der Waals surface area contributed by atoms with Gasteiger partial charge in [0.2, 0.25) is 15.9 Å². The van der Waals surface area contributed by atoms with Crippen LogP contribution in [0.4, 0.5) is 0 Å². The van der Waals surface area contributed by atoms with E-state index in [2.05, 4.69) is 19.2 Å². The average molecular weight is 445 g/mol. The number of rotatable bonds is 9. The molecule has 2 aromatic rings. The van der Waals surface area contributed by atoms with Crippen LogP contribution in [0.15, 0.2) is 59.5 Å². The first-order chi connectivity index (χ1) is 14.9. The van der Waals surface area contributed by atoms with E-state index in [-0.39, 0.29) is 16.8 Å². The Labute approximate surface area is 185 Å². The summed E-state index contributed by atoms with van der Waals surface area (Å²) in [4.78, 5) is 12.9. The van der Waals surface area contributed by atoms with Crippen molar-refractivity contribution in [2.45, 2.75) is 44.0 Å². The lowest BCUT2D eigenvalue weighted by Gasteiger charge is -2.26. The van der Waals surface area contributed by atoms with Gasteiger partial charge in [-0.15, -0.1) is 0 Å². The minimum atomic E-state index is -3.49. The van der Waals surface area contributed by atoms with Gasteiger partial charge in [-0.25, -0.2) is 8.42 Å². The van der Waals surface area contributed by atoms with Gasteiger partial charge in [0.1, 0.15) is 0 Å². The lowest BCUT2D eigenvalue weighted by atomic mass is 9.96. The standard InChI is InChI=1S/C24H32N2O4S/c1-19(2)18-23(21-6-4-3-5-7-21)25-24(27)13-10-20-8-11-22(12-9-20)31(28,29)26-14-16-30-17-15-26/h3-9,11-12,19,23H,10,13-18H2,1-2H3,(H,25,27). The Kier molecular flexibility index (Phi) is 8.23. The van der Waals surface area contributed by atoms with Crippen LogP contribution in [0.1, 0.15) is 43.9 Å². The van der Waals surface area contributed by atoms with Gasteiger partial charge in [-0.05, 0) is 42.0 Å². The summed E-state index contributed by atoms with van der Waals surface area (Å²) in [5, 5.41) is 3.16. The van der Waals surface area contributed by atoms with Crippen molar-refractivity contribution in [3.8, 4) is 0 Å². The van der Waals surface area contributed by atoms with E-state index in [4.69, 9.17) is 4.74 Å². The molecule has 2 aromatic carbocycles. The first-order valence-electron chi connectivity index (χ1n) is 10.9. The van der Waals surface area contributed by atoms with Crippen LogP contribution in [0.25, 0.3) is 0 Å². The van der Waals surface area contributed by atoms with Crippen LogP contribution in [-0.4, -0.2) is 44.9 Å². The Balaban J connectivity index is 1.57. The molecule has 7 heteroatoms. The molecule has 1 aliphatic rings. The molecular weight excluding hydrogens is 412 g/mol. The Morgan fingerprint density at radius 3 is 2.29 bits per heavy atom. The van der Waals surface area contributed by atoms with Gasteiger partial charge in [-0.1, -0.05) is 56.3 Å². The Hall–Kier alpha value is -2.22. The van der Waals surface area contributed by atoms with Gasteiger partial charge in [-0.3, -0.25) is 4.79 Å². The van der Waals surface area contributed by atoms with Crippen molar-refractivity contribution in [2.24, 2.45) is 5.92 Å². The number of sulfonamides is 1. The molecule has 1 saturated heterocycles. The molecule has 0 bridgehead atoms. The third-order valence-electron chi connectivity index (χ3n) is 5.42. The number of ether oxygens (including phenoxy) is 1. The predicted octanol–water partition coefficient (Wildman–Crippen LogP) is 3.54. The summed E-state index contributed by atoms with van der Waals surface area (Å²) >= 11 is 0. The highest BCUT2D eigenvalue weighted by molar-refractivity contribution is 7.89. The highest BCUT2D eigenvalue weighted by atomic mass is 32.2. The lowest BCUT2D eigenvalue weighted by Crippen LogP contribution is -2.40. The summed E-state index contributed by atoms with van der Waals surface area (Å²) < 4.78 is 32.1. The van der Waals surface area contributed by atoms with E-state index in [9.17, 15) is 13.2 Å². The fraction of sp³-hybridized carbons (Fsp3) is 0.458. The van der Waals surface area contributed by atoms with E-state index in [1.54, 1.807) is 24.3 Å². The molecule has 3 rings (SSSR count). The fourth-order valence-electron chi connectivity index (χ4n) is 3.72. The average Bonchev–Trinajstić information content (AvgIpc) is 2.78. The molecule has 168 valence electrons. The first kappa shape index (κ1) is 23.4. The van der Waals surface area contributed by atoms with Gasteiger partial charge in [0.25, 0.3) is 0 Å². The number of carbonyl (C=O) groups is 1. The second kappa shape index (κ2) is 10.9. The number of morpholine rings is 1. The second-order valence-electron chi connectivity index (χ2n) is 8.32. The summed E-state index contributed by atoms with van der Waals surface area (Å²) in [6.45, 7) is 5.90. The van der Waals surface area contributed by atoms with E-state index < -0.39 is 10.0 Å². The third kappa shape index (κ3) is 6.63. The van der Waals surface area contributed by atoms with Crippen LogP contribution >= 0.6 is 0 Å². The van der Waals surface area contributed by atoms with Gasteiger partial charge < -0.3 is 10.1 Å². The summed E-state index contributed by atoms with van der Waals surface area (Å²) in [5.74, 6) is 0.464. The minimum Gasteiger partial charge on any atom is -0.379 e. The van der Waals surface area contributed by atoms with Crippen LogP contribution < -0.4 is 5.32 Å². The van der Waals surface area contributed by atoms with Crippen molar-refractivity contribution >= 4 is 15.9 Å². The fourth-order valence-corrected chi connectivity index (χ4v) is 5.13. The number of hydrogen-bond acceptors (Lipinski definition) is 4. The number of hydrogen-bond donors (Lipinski definition) is 1. The van der Waals surface area contributed by atoms with Gasteiger partial charge >= 0.3 is 0 Å². The highest BCUT2D eigenvalue weighted by Crippen LogP contribution is 2.22. The maximum Gasteiger partial charge on any atom is 0.243 e.